The molecule has 5 nitrogen and oxygen atoms in total. The molecule has 1 aromatic carbocycles. The molecule has 2 aromatic rings. The molecule has 0 saturated carbocycles. The summed E-state index contributed by atoms with van der Waals surface area (Å²) in [5.41, 5.74) is 7.77. The van der Waals surface area contributed by atoms with Gasteiger partial charge < -0.3 is 11.1 Å². The van der Waals surface area contributed by atoms with Crippen molar-refractivity contribution < 1.29 is 0 Å². The first-order valence-electron chi connectivity index (χ1n) is 6.02. The molecular weight excluding hydrogens is 262 g/mol. The van der Waals surface area contributed by atoms with E-state index in [1.165, 1.54) is 5.56 Å². The molecule has 0 unspecified atom stereocenters. The van der Waals surface area contributed by atoms with Gasteiger partial charge in [0.05, 0.1) is 5.88 Å². The van der Waals surface area contributed by atoms with Gasteiger partial charge in [-0.15, -0.1) is 11.6 Å². The van der Waals surface area contributed by atoms with Crippen molar-refractivity contribution in [1.82, 2.24) is 15.0 Å². The number of benzene rings is 1. The molecule has 3 N–H and O–H groups in total. The van der Waals surface area contributed by atoms with Crippen molar-refractivity contribution in [3.05, 3.63) is 35.7 Å². The highest BCUT2D eigenvalue weighted by Crippen LogP contribution is 2.19. The van der Waals surface area contributed by atoms with E-state index >= 15 is 0 Å². The Bertz CT molecular complexity index is 553. The highest BCUT2D eigenvalue weighted by molar-refractivity contribution is 6.16. The Morgan fingerprint density at radius 3 is 2.42 bits per heavy atom. The highest BCUT2D eigenvalue weighted by atomic mass is 35.5. The molecule has 100 valence electrons. The van der Waals surface area contributed by atoms with E-state index < -0.39 is 0 Å². The number of hydrogen-bond acceptors (Lipinski definition) is 5. The maximum Gasteiger partial charge on any atom is 0.232 e. The molecule has 19 heavy (non-hydrogen) atoms. The normalized spacial score (nSPS) is 10.7. The summed E-state index contributed by atoms with van der Waals surface area (Å²) < 4.78 is 0. The summed E-state index contributed by atoms with van der Waals surface area (Å²) in [7, 11) is 0. The van der Waals surface area contributed by atoms with Crippen LogP contribution in [0.4, 0.5) is 17.6 Å². The maximum absolute atomic E-state index is 5.69. The Morgan fingerprint density at radius 2 is 1.84 bits per heavy atom. The van der Waals surface area contributed by atoms with Crippen LogP contribution in [0.2, 0.25) is 0 Å². The zero-order chi connectivity index (χ0) is 13.8. The van der Waals surface area contributed by atoms with Gasteiger partial charge in [0.15, 0.2) is 5.82 Å². The number of nitrogens with zero attached hydrogens (tertiary/aromatic N) is 3. The summed E-state index contributed by atoms with van der Waals surface area (Å²) in [4.78, 5) is 12.1. The molecule has 6 heteroatoms. The summed E-state index contributed by atoms with van der Waals surface area (Å²) in [5, 5.41) is 3.08. The Labute approximate surface area is 117 Å². The van der Waals surface area contributed by atoms with E-state index in [1.807, 2.05) is 12.1 Å². The molecule has 2 rings (SSSR count). The van der Waals surface area contributed by atoms with Crippen LogP contribution in [0.1, 0.15) is 31.2 Å². The molecule has 0 aliphatic rings. The molecule has 0 amide bonds. The van der Waals surface area contributed by atoms with Crippen molar-refractivity contribution in [2.45, 2.75) is 25.6 Å². The predicted octanol–water partition coefficient (Wildman–Crippen LogP) is 3.06. The number of aromatic nitrogens is 3. The van der Waals surface area contributed by atoms with Gasteiger partial charge in [-0.25, -0.2) is 0 Å². The minimum atomic E-state index is 0.159. The highest BCUT2D eigenvalue weighted by Gasteiger charge is 2.04. The standard InChI is InChI=1S/C13H16ClN5/c1-8(2)9-3-5-10(6-4-9)16-13-18-11(7-14)17-12(15)19-13/h3-6,8H,7H2,1-2H3,(H3,15,16,17,18,19). The number of anilines is 3. The van der Waals surface area contributed by atoms with Crippen molar-refractivity contribution in [2.24, 2.45) is 0 Å². The largest absolute Gasteiger partial charge is 0.368 e. The average molecular weight is 278 g/mol. The third-order valence-electron chi connectivity index (χ3n) is 2.65. The average Bonchev–Trinajstić information content (AvgIpc) is 2.38. The van der Waals surface area contributed by atoms with Crippen molar-refractivity contribution in [1.29, 1.82) is 0 Å². The predicted molar refractivity (Wildman–Crippen MR) is 77.6 cm³/mol. The number of halogens is 1. The van der Waals surface area contributed by atoms with E-state index in [1.54, 1.807) is 0 Å². The Morgan fingerprint density at radius 1 is 1.16 bits per heavy atom. The molecule has 0 saturated heterocycles. The molecule has 0 bridgehead atoms. The second-order valence-corrected chi connectivity index (χ2v) is 4.74. The second-order valence-electron chi connectivity index (χ2n) is 4.47. The lowest BCUT2D eigenvalue weighted by atomic mass is 10.0. The number of rotatable bonds is 4. The molecular formula is C13H16ClN5. The van der Waals surface area contributed by atoms with Gasteiger partial charge in [0.2, 0.25) is 11.9 Å². The van der Waals surface area contributed by atoms with Gasteiger partial charge in [0, 0.05) is 5.69 Å². The lowest BCUT2D eigenvalue weighted by molar-refractivity contribution is 0.867. The maximum atomic E-state index is 5.69. The molecule has 0 aliphatic heterocycles. The Hall–Kier alpha value is -1.88. The van der Waals surface area contributed by atoms with Gasteiger partial charge in [-0.3, -0.25) is 0 Å². The van der Waals surface area contributed by atoms with Gasteiger partial charge in [0.25, 0.3) is 0 Å². The van der Waals surface area contributed by atoms with Gasteiger partial charge in [-0.2, -0.15) is 15.0 Å². The third-order valence-corrected chi connectivity index (χ3v) is 2.89. The zero-order valence-electron chi connectivity index (χ0n) is 10.9. The summed E-state index contributed by atoms with van der Waals surface area (Å²) in [6, 6.07) is 8.10. The van der Waals surface area contributed by atoms with E-state index in [4.69, 9.17) is 17.3 Å². The van der Waals surface area contributed by atoms with Crippen LogP contribution in [-0.2, 0) is 5.88 Å². The van der Waals surface area contributed by atoms with Gasteiger partial charge >= 0.3 is 0 Å². The third kappa shape index (κ3) is 3.54. The quantitative estimate of drug-likeness (QED) is 0.840. The molecule has 0 fully saturated rings. The zero-order valence-corrected chi connectivity index (χ0v) is 11.6. The summed E-state index contributed by atoms with van der Waals surface area (Å²) in [6.45, 7) is 4.31. The lowest BCUT2D eigenvalue weighted by Gasteiger charge is -2.09. The van der Waals surface area contributed by atoms with Crippen molar-refractivity contribution >= 4 is 29.2 Å². The van der Waals surface area contributed by atoms with Gasteiger partial charge in [0.1, 0.15) is 0 Å². The van der Waals surface area contributed by atoms with Crippen LogP contribution in [0.25, 0.3) is 0 Å². The lowest BCUT2D eigenvalue weighted by Crippen LogP contribution is -2.06. The molecule has 0 radical (unpaired) electrons. The topological polar surface area (TPSA) is 76.7 Å². The first kappa shape index (κ1) is 13.5. The van der Waals surface area contributed by atoms with Crippen LogP contribution >= 0.6 is 11.6 Å². The van der Waals surface area contributed by atoms with E-state index in [0.29, 0.717) is 17.7 Å². The first-order valence-corrected chi connectivity index (χ1v) is 6.55. The molecule has 0 aliphatic carbocycles. The molecule has 1 aromatic heterocycles. The minimum Gasteiger partial charge on any atom is -0.368 e. The van der Waals surface area contributed by atoms with Crippen molar-refractivity contribution in [3.63, 3.8) is 0 Å². The summed E-state index contributed by atoms with van der Waals surface area (Å²) in [6.07, 6.45) is 0. The Balaban J connectivity index is 2.18. The summed E-state index contributed by atoms with van der Waals surface area (Å²) >= 11 is 5.69. The molecule has 1 heterocycles. The second kappa shape index (κ2) is 5.84. The van der Waals surface area contributed by atoms with Gasteiger partial charge in [-0.05, 0) is 23.6 Å². The fraction of sp³-hybridized carbons (Fsp3) is 0.308. The molecule has 0 atom stereocenters. The minimum absolute atomic E-state index is 0.159. The van der Waals surface area contributed by atoms with E-state index in [-0.39, 0.29) is 11.8 Å². The van der Waals surface area contributed by atoms with E-state index in [9.17, 15) is 0 Å². The SMILES string of the molecule is CC(C)c1ccc(Nc2nc(N)nc(CCl)n2)cc1. The van der Waals surface area contributed by atoms with Crippen LogP contribution in [-0.4, -0.2) is 15.0 Å². The van der Waals surface area contributed by atoms with Crippen LogP contribution in [0.3, 0.4) is 0 Å². The van der Waals surface area contributed by atoms with Crippen LogP contribution in [0.5, 0.6) is 0 Å². The fourth-order valence-corrected chi connectivity index (χ4v) is 1.75. The first-order chi connectivity index (χ1) is 9.08. The van der Waals surface area contributed by atoms with E-state index in [2.05, 4.69) is 46.2 Å². The van der Waals surface area contributed by atoms with Crippen LogP contribution < -0.4 is 11.1 Å². The smallest absolute Gasteiger partial charge is 0.232 e. The van der Waals surface area contributed by atoms with E-state index in [0.717, 1.165) is 5.69 Å². The number of nitrogen functional groups attached to an aromatic ring is 1. The summed E-state index contributed by atoms with van der Waals surface area (Å²) in [5.74, 6) is 1.72. The fourth-order valence-electron chi connectivity index (χ4n) is 1.63. The van der Waals surface area contributed by atoms with Crippen LogP contribution in [0.15, 0.2) is 24.3 Å². The monoisotopic (exact) mass is 277 g/mol. The Kier molecular flexibility index (Phi) is 4.16. The number of nitrogens with two attached hydrogens (primary N) is 1. The number of alkyl halides is 1. The van der Waals surface area contributed by atoms with Crippen molar-refractivity contribution in [2.75, 3.05) is 11.1 Å². The number of hydrogen-bond donors (Lipinski definition) is 2. The molecule has 0 spiro atoms. The van der Waals surface area contributed by atoms with Crippen LogP contribution in [0, 0.1) is 0 Å². The number of nitrogens with one attached hydrogen (secondary N) is 1. The van der Waals surface area contributed by atoms with Gasteiger partial charge in [-0.1, -0.05) is 26.0 Å². The van der Waals surface area contributed by atoms with Crippen molar-refractivity contribution in [3.8, 4) is 0 Å².